The van der Waals surface area contributed by atoms with Gasteiger partial charge in [0.2, 0.25) is 5.91 Å². The first-order valence-electron chi connectivity index (χ1n) is 7.22. The fourth-order valence-corrected chi connectivity index (χ4v) is 1.70. The Labute approximate surface area is 131 Å². The van der Waals surface area contributed by atoms with Gasteiger partial charge in [-0.05, 0) is 32.2 Å². The van der Waals surface area contributed by atoms with Crippen LogP contribution >= 0.6 is 0 Å². The molecule has 1 aliphatic heterocycles. The molecule has 22 heavy (non-hydrogen) atoms. The highest BCUT2D eigenvalue weighted by Crippen LogP contribution is 2.11. The first-order valence-corrected chi connectivity index (χ1v) is 7.22. The lowest BCUT2D eigenvalue weighted by Crippen LogP contribution is -2.49. The molecule has 0 atom stereocenters. The van der Waals surface area contributed by atoms with E-state index in [1.54, 1.807) is 6.08 Å². The van der Waals surface area contributed by atoms with E-state index in [4.69, 9.17) is 4.84 Å². The van der Waals surface area contributed by atoms with E-state index in [2.05, 4.69) is 10.6 Å². The van der Waals surface area contributed by atoms with Crippen molar-refractivity contribution in [2.75, 3.05) is 27.2 Å². The van der Waals surface area contributed by atoms with Crippen molar-refractivity contribution in [1.29, 1.82) is 0 Å². The molecule has 1 aromatic carbocycles. The second kappa shape index (κ2) is 9.70. The van der Waals surface area contributed by atoms with E-state index in [9.17, 15) is 9.59 Å². The van der Waals surface area contributed by atoms with Crippen LogP contribution in [0.25, 0.3) is 6.08 Å². The maximum atomic E-state index is 12.1. The lowest BCUT2D eigenvalue weighted by Gasteiger charge is -2.27. The molecule has 1 heterocycles. The third kappa shape index (κ3) is 5.67. The lowest BCUT2D eigenvalue weighted by atomic mass is 10.1. The number of rotatable bonds is 4. The number of benzene rings is 1. The van der Waals surface area contributed by atoms with Crippen molar-refractivity contribution >= 4 is 17.9 Å². The molecule has 1 aliphatic rings. The fraction of sp³-hybridized carbons (Fsp3) is 0.375. The predicted octanol–water partition coefficient (Wildman–Crippen LogP) is 1.16. The van der Waals surface area contributed by atoms with Crippen molar-refractivity contribution in [2.45, 2.75) is 13.3 Å². The van der Waals surface area contributed by atoms with Crippen LogP contribution in [0.2, 0.25) is 0 Å². The molecule has 0 aromatic heterocycles. The van der Waals surface area contributed by atoms with Crippen LogP contribution in [0.5, 0.6) is 0 Å². The van der Waals surface area contributed by atoms with Gasteiger partial charge in [0.15, 0.2) is 0 Å². The van der Waals surface area contributed by atoms with Crippen molar-refractivity contribution in [2.24, 2.45) is 0 Å². The molecule has 1 saturated heterocycles. The largest absolute Gasteiger partial charge is 0.323 e. The van der Waals surface area contributed by atoms with E-state index in [0.717, 1.165) is 17.0 Å². The van der Waals surface area contributed by atoms with Crippen molar-refractivity contribution in [3.8, 4) is 0 Å². The van der Waals surface area contributed by atoms with E-state index in [-0.39, 0.29) is 24.1 Å². The van der Waals surface area contributed by atoms with Crippen LogP contribution < -0.4 is 10.6 Å². The second-order valence-electron chi connectivity index (χ2n) is 4.69. The molecule has 0 unspecified atom stereocenters. The Kier molecular flexibility index (Phi) is 7.88. The van der Waals surface area contributed by atoms with Crippen LogP contribution in [0.4, 0.5) is 0 Å². The van der Waals surface area contributed by atoms with Crippen LogP contribution in [-0.2, 0) is 14.4 Å². The van der Waals surface area contributed by atoms with E-state index < -0.39 is 0 Å². The highest BCUT2D eigenvalue weighted by atomic mass is 16.7. The number of carbonyl (C=O) groups excluding carboxylic acids is 2. The van der Waals surface area contributed by atoms with Gasteiger partial charge in [-0.3, -0.25) is 14.4 Å². The lowest BCUT2D eigenvalue weighted by molar-refractivity contribution is -0.188. The summed E-state index contributed by atoms with van der Waals surface area (Å²) in [6.45, 7) is 2.29. The molecule has 120 valence electrons. The summed E-state index contributed by atoms with van der Waals surface area (Å²) < 4.78 is 0. The first-order chi connectivity index (χ1) is 10.6. The van der Waals surface area contributed by atoms with Gasteiger partial charge in [0, 0.05) is 0 Å². The Hall–Kier alpha value is -2.18. The number of carbonyl (C=O) groups is 2. The number of nitrogens with one attached hydrogen (secondary N) is 2. The number of nitrogens with zero attached hydrogens (tertiary/aromatic N) is 1. The molecule has 1 fully saturated rings. The summed E-state index contributed by atoms with van der Waals surface area (Å²) in [5.74, 6) is -0.574. The van der Waals surface area contributed by atoms with Crippen LogP contribution in [0.1, 0.15) is 18.9 Å². The van der Waals surface area contributed by atoms with Crippen LogP contribution in [-0.4, -0.2) is 44.1 Å². The number of amides is 2. The van der Waals surface area contributed by atoms with Gasteiger partial charge in [0.1, 0.15) is 12.2 Å². The summed E-state index contributed by atoms with van der Waals surface area (Å²) >= 11 is 0. The second-order valence-corrected chi connectivity index (χ2v) is 4.69. The fourth-order valence-electron chi connectivity index (χ4n) is 1.70. The zero-order valence-corrected chi connectivity index (χ0v) is 13.3. The van der Waals surface area contributed by atoms with Crippen molar-refractivity contribution in [1.82, 2.24) is 15.7 Å². The van der Waals surface area contributed by atoms with E-state index >= 15 is 0 Å². The number of hydrogen-bond donors (Lipinski definition) is 2. The van der Waals surface area contributed by atoms with Gasteiger partial charge in [-0.2, -0.15) is 0 Å². The zero-order valence-electron chi connectivity index (χ0n) is 13.3. The normalized spacial score (nSPS) is 16.1. The van der Waals surface area contributed by atoms with Crippen molar-refractivity contribution in [3.05, 3.63) is 41.6 Å². The third-order valence-electron chi connectivity index (χ3n) is 2.58. The molecular formula is C16H23N3O3. The van der Waals surface area contributed by atoms with E-state index in [1.165, 1.54) is 0 Å². The molecule has 2 rings (SSSR count). The molecule has 6 heteroatoms. The van der Waals surface area contributed by atoms with Crippen molar-refractivity contribution in [3.63, 3.8) is 0 Å². The molecule has 0 aliphatic carbocycles. The molecule has 6 nitrogen and oxygen atoms in total. The van der Waals surface area contributed by atoms with Gasteiger partial charge in [0.05, 0.1) is 6.61 Å². The number of hydrogen-bond acceptors (Lipinski definition) is 4. The molecule has 0 spiro atoms. The molecular weight excluding hydrogens is 282 g/mol. The summed E-state index contributed by atoms with van der Waals surface area (Å²) in [7, 11) is 3.75. The van der Waals surface area contributed by atoms with Crippen LogP contribution in [0.15, 0.2) is 36.0 Å². The maximum absolute atomic E-state index is 12.1. The highest BCUT2D eigenvalue weighted by Gasteiger charge is 2.28. The molecule has 1 aromatic rings. The molecule has 2 amide bonds. The predicted molar refractivity (Wildman–Crippen MR) is 85.5 cm³/mol. The van der Waals surface area contributed by atoms with Gasteiger partial charge < -0.3 is 10.6 Å². The Morgan fingerprint density at radius 2 is 1.91 bits per heavy atom. The monoisotopic (exact) mass is 305 g/mol. The number of piperazine rings is 1. The third-order valence-corrected chi connectivity index (χ3v) is 2.58. The Balaban J connectivity index is 0.000000745. The molecule has 2 N–H and O–H groups in total. The molecule has 0 saturated carbocycles. The van der Waals surface area contributed by atoms with Crippen LogP contribution in [0, 0.1) is 0 Å². The summed E-state index contributed by atoms with van der Waals surface area (Å²) in [6.07, 6.45) is 2.42. The standard InChI is InChI=1S/C14H16N2O3.C2H7N/c1-2-8-19-16-10-13(17)15-12(14(16)18)9-11-6-4-3-5-7-11;1-3-2/h3-7,9H,2,8,10H2,1H3,(H,15,17);3H,1-2H3. The minimum absolute atomic E-state index is 0.0645. The van der Waals surface area contributed by atoms with Gasteiger partial charge in [-0.25, -0.2) is 5.06 Å². The van der Waals surface area contributed by atoms with Crippen molar-refractivity contribution < 1.29 is 14.4 Å². The Morgan fingerprint density at radius 1 is 1.27 bits per heavy atom. The van der Waals surface area contributed by atoms with Gasteiger partial charge in [-0.1, -0.05) is 37.3 Å². The Morgan fingerprint density at radius 3 is 2.50 bits per heavy atom. The summed E-state index contributed by atoms with van der Waals surface area (Å²) in [5.41, 5.74) is 1.09. The summed E-state index contributed by atoms with van der Waals surface area (Å²) in [4.78, 5) is 28.9. The average molecular weight is 305 g/mol. The van der Waals surface area contributed by atoms with E-state index in [0.29, 0.717) is 6.61 Å². The zero-order chi connectivity index (χ0) is 16.4. The topological polar surface area (TPSA) is 70.7 Å². The van der Waals surface area contributed by atoms with Gasteiger partial charge in [0.25, 0.3) is 5.91 Å². The average Bonchev–Trinajstić information content (AvgIpc) is 2.51. The number of hydroxylamine groups is 2. The summed E-state index contributed by atoms with van der Waals surface area (Å²) in [6, 6.07) is 9.34. The SMILES string of the molecule is CCCON1CC(=O)NC(=Cc2ccccc2)C1=O.CNC. The van der Waals surface area contributed by atoms with Gasteiger partial charge in [-0.15, -0.1) is 0 Å². The van der Waals surface area contributed by atoms with Crippen LogP contribution in [0.3, 0.4) is 0 Å². The smallest absolute Gasteiger partial charge is 0.294 e. The minimum Gasteiger partial charge on any atom is -0.323 e. The minimum atomic E-state index is -0.322. The Bertz CT molecular complexity index is 515. The highest BCUT2D eigenvalue weighted by molar-refractivity contribution is 6.05. The maximum Gasteiger partial charge on any atom is 0.294 e. The molecule has 0 radical (unpaired) electrons. The van der Waals surface area contributed by atoms with Gasteiger partial charge >= 0.3 is 0 Å². The summed E-state index contributed by atoms with van der Waals surface area (Å²) in [5, 5.41) is 6.43. The first kappa shape index (κ1) is 17.9. The quantitative estimate of drug-likeness (QED) is 0.819. The van der Waals surface area contributed by atoms with E-state index in [1.807, 2.05) is 51.4 Å². The molecule has 0 bridgehead atoms.